The Balaban J connectivity index is 1.52. The van der Waals surface area contributed by atoms with Gasteiger partial charge in [0.2, 0.25) is 5.91 Å². The zero-order valence-electron chi connectivity index (χ0n) is 16.3. The van der Waals surface area contributed by atoms with Crippen LogP contribution < -0.4 is 5.32 Å². The smallest absolute Gasteiger partial charge is 0.238 e. The summed E-state index contributed by atoms with van der Waals surface area (Å²) in [6.45, 7) is 7.38. The van der Waals surface area contributed by atoms with E-state index in [0.29, 0.717) is 17.8 Å². The van der Waals surface area contributed by atoms with Gasteiger partial charge in [-0.2, -0.15) is 0 Å². The van der Waals surface area contributed by atoms with Crippen molar-refractivity contribution < 1.29 is 9.59 Å². The molecule has 1 atom stereocenters. The number of Topliss-reactive ketones (excluding diaryl/α,β-unsaturated/α-hetero) is 1. The van der Waals surface area contributed by atoms with Crippen molar-refractivity contribution in [1.29, 1.82) is 0 Å². The third-order valence-electron chi connectivity index (χ3n) is 5.26. The number of piperazine rings is 1. The van der Waals surface area contributed by atoms with Crippen LogP contribution in [0.1, 0.15) is 35.8 Å². The molecule has 148 valence electrons. The Morgan fingerprint density at radius 1 is 1.04 bits per heavy atom. The van der Waals surface area contributed by atoms with Gasteiger partial charge in [-0.15, -0.1) is 0 Å². The van der Waals surface area contributed by atoms with Crippen molar-refractivity contribution in [2.24, 2.45) is 0 Å². The number of carbonyl (C=O) groups is 2. The third kappa shape index (κ3) is 4.98. The van der Waals surface area contributed by atoms with Crippen molar-refractivity contribution in [1.82, 2.24) is 9.80 Å². The standard InChI is InChI=1S/C22H26ClN3O2/c1-16(18-7-3-5-9-20(18)23)26-13-11-25(12-14-26)15-22(28)24-21-10-6-4-8-19(21)17(2)27/h3-10,16H,11-15H2,1-2H3,(H,24,28). The predicted octanol–water partition coefficient (Wildman–Crippen LogP) is 3.86. The summed E-state index contributed by atoms with van der Waals surface area (Å²) in [5.74, 6) is -0.153. The number of para-hydroxylation sites is 1. The fourth-order valence-corrected chi connectivity index (χ4v) is 3.90. The maximum Gasteiger partial charge on any atom is 0.238 e. The maximum atomic E-state index is 12.4. The van der Waals surface area contributed by atoms with Crippen molar-refractivity contribution in [3.05, 3.63) is 64.7 Å². The summed E-state index contributed by atoms with van der Waals surface area (Å²) < 4.78 is 0. The first-order chi connectivity index (χ1) is 13.5. The van der Waals surface area contributed by atoms with Crippen molar-refractivity contribution in [3.63, 3.8) is 0 Å². The molecule has 1 aliphatic rings. The highest BCUT2D eigenvalue weighted by Gasteiger charge is 2.24. The van der Waals surface area contributed by atoms with Crippen molar-refractivity contribution in [2.45, 2.75) is 19.9 Å². The minimum Gasteiger partial charge on any atom is -0.324 e. The third-order valence-corrected chi connectivity index (χ3v) is 5.60. The lowest BCUT2D eigenvalue weighted by atomic mass is 10.1. The Morgan fingerprint density at radius 2 is 1.68 bits per heavy atom. The number of hydrogen-bond acceptors (Lipinski definition) is 4. The van der Waals surface area contributed by atoms with Crippen LogP contribution in [-0.4, -0.2) is 54.2 Å². The van der Waals surface area contributed by atoms with E-state index in [1.807, 2.05) is 24.3 Å². The van der Waals surface area contributed by atoms with Gasteiger partial charge in [-0.05, 0) is 37.6 Å². The fourth-order valence-electron chi connectivity index (χ4n) is 3.61. The van der Waals surface area contributed by atoms with Gasteiger partial charge >= 0.3 is 0 Å². The van der Waals surface area contributed by atoms with E-state index in [-0.39, 0.29) is 17.7 Å². The zero-order chi connectivity index (χ0) is 20.1. The first kappa shape index (κ1) is 20.5. The molecule has 5 nitrogen and oxygen atoms in total. The van der Waals surface area contributed by atoms with Gasteiger partial charge in [0.15, 0.2) is 5.78 Å². The number of nitrogens with one attached hydrogen (secondary N) is 1. The highest BCUT2D eigenvalue weighted by molar-refractivity contribution is 6.31. The van der Waals surface area contributed by atoms with E-state index in [9.17, 15) is 9.59 Å². The SMILES string of the molecule is CC(=O)c1ccccc1NC(=O)CN1CCN(C(C)c2ccccc2Cl)CC1. The Kier molecular flexibility index (Phi) is 6.83. The van der Waals surface area contributed by atoms with Crippen molar-refractivity contribution in [3.8, 4) is 0 Å². The molecule has 28 heavy (non-hydrogen) atoms. The normalized spacial score (nSPS) is 16.5. The van der Waals surface area contributed by atoms with Crippen LogP contribution in [0.3, 0.4) is 0 Å². The maximum absolute atomic E-state index is 12.4. The molecule has 0 spiro atoms. The number of benzene rings is 2. The number of ketones is 1. The van der Waals surface area contributed by atoms with Gasteiger partial charge in [-0.1, -0.05) is 41.9 Å². The number of anilines is 1. The Labute approximate surface area is 171 Å². The minimum absolute atomic E-state index is 0.0573. The van der Waals surface area contributed by atoms with Gasteiger partial charge in [-0.25, -0.2) is 0 Å². The first-order valence-electron chi connectivity index (χ1n) is 9.56. The number of hydrogen-bond donors (Lipinski definition) is 1. The molecule has 0 bridgehead atoms. The molecular formula is C22H26ClN3O2. The molecule has 1 heterocycles. The van der Waals surface area contributed by atoms with Gasteiger partial charge in [0.05, 0.1) is 12.2 Å². The molecule has 1 saturated heterocycles. The zero-order valence-corrected chi connectivity index (χ0v) is 17.1. The summed E-state index contributed by atoms with van der Waals surface area (Å²) in [6.07, 6.45) is 0. The summed E-state index contributed by atoms with van der Waals surface area (Å²) in [6, 6.07) is 15.3. The van der Waals surface area contributed by atoms with E-state index < -0.39 is 0 Å². The van der Waals surface area contributed by atoms with E-state index in [1.165, 1.54) is 6.92 Å². The quantitative estimate of drug-likeness (QED) is 0.749. The second-order valence-electron chi connectivity index (χ2n) is 7.16. The van der Waals surface area contributed by atoms with Gasteiger partial charge < -0.3 is 5.32 Å². The monoisotopic (exact) mass is 399 g/mol. The molecule has 2 aromatic carbocycles. The number of halogens is 1. The van der Waals surface area contributed by atoms with E-state index in [4.69, 9.17) is 11.6 Å². The summed E-state index contributed by atoms with van der Waals surface area (Å²) in [4.78, 5) is 28.7. The predicted molar refractivity (Wildman–Crippen MR) is 113 cm³/mol. The van der Waals surface area contributed by atoms with Crippen molar-refractivity contribution in [2.75, 3.05) is 38.0 Å². The minimum atomic E-state index is -0.0960. The van der Waals surface area contributed by atoms with Crippen molar-refractivity contribution >= 4 is 29.0 Å². The van der Waals surface area contributed by atoms with Gasteiger partial charge in [-0.3, -0.25) is 19.4 Å². The first-order valence-corrected chi connectivity index (χ1v) is 9.94. The van der Waals surface area contributed by atoms with E-state index in [1.54, 1.807) is 18.2 Å². The number of rotatable bonds is 6. The Morgan fingerprint density at radius 3 is 2.36 bits per heavy atom. The van der Waals surface area contributed by atoms with E-state index in [0.717, 1.165) is 36.8 Å². The molecule has 0 saturated carbocycles. The lowest BCUT2D eigenvalue weighted by Gasteiger charge is -2.38. The average Bonchev–Trinajstić information content (AvgIpc) is 2.68. The molecule has 2 aromatic rings. The summed E-state index contributed by atoms with van der Waals surface area (Å²) in [7, 11) is 0. The number of nitrogens with zero attached hydrogens (tertiary/aromatic N) is 2. The largest absolute Gasteiger partial charge is 0.324 e. The van der Waals surface area contributed by atoms with Crippen LogP contribution in [0.15, 0.2) is 48.5 Å². The van der Waals surface area contributed by atoms with Crippen LogP contribution in [0.25, 0.3) is 0 Å². The van der Waals surface area contributed by atoms with Gasteiger partial charge in [0.25, 0.3) is 0 Å². The van der Waals surface area contributed by atoms with Crippen LogP contribution in [0.4, 0.5) is 5.69 Å². The topological polar surface area (TPSA) is 52.7 Å². The molecule has 1 N–H and O–H groups in total. The lowest BCUT2D eigenvalue weighted by Crippen LogP contribution is -2.49. The lowest BCUT2D eigenvalue weighted by molar-refractivity contribution is -0.117. The average molecular weight is 400 g/mol. The molecule has 6 heteroatoms. The number of amides is 1. The van der Waals surface area contributed by atoms with Crippen LogP contribution in [0.5, 0.6) is 0 Å². The van der Waals surface area contributed by atoms with Crippen LogP contribution in [0.2, 0.25) is 5.02 Å². The fraction of sp³-hybridized carbons (Fsp3) is 0.364. The summed E-state index contributed by atoms with van der Waals surface area (Å²) in [5.41, 5.74) is 2.25. The van der Waals surface area contributed by atoms with E-state index >= 15 is 0 Å². The van der Waals surface area contributed by atoms with Crippen LogP contribution >= 0.6 is 11.6 Å². The molecule has 1 amide bonds. The number of carbonyl (C=O) groups excluding carboxylic acids is 2. The summed E-state index contributed by atoms with van der Waals surface area (Å²) in [5, 5.41) is 3.67. The second-order valence-corrected chi connectivity index (χ2v) is 7.57. The molecule has 1 unspecified atom stereocenters. The molecule has 3 rings (SSSR count). The van der Waals surface area contributed by atoms with E-state index in [2.05, 4.69) is 28.1 Å². The Bertz CT molecular complexity index is 847. The molecule has 0 aliphatic carbocycles. The van der Waals surface area contributed by atoms with Gasteiger partial charge in [0, 0.05) is 42.8 Å². The van der Waals surface area contributed by atoms with Gasteiger partial charge in [0.1, 0.15) is 0 Å². The Hall–Kier alpha value is -2.21. The summed E-state index contributed by atoms with van der Waals surface area (Å²) >= 11 is 6.33. The molecule has 1 aliphatic heterocycles. The molecule has 0 radical (unpaired) electrons. The highest BCUT2D eigenvalue weighted by Crippen LogP contribution is 2.27. The van der Waals surface area contributed by atoms with Crippen LogP contribution in [0, 0.1) is 0 Å². The second kappa shape index (κ2) is 9.32. The highest BCUT2D eigenvalue weighted by atomic mass is 35.5. The van der Waals surface area contributed by atoms with Crippen LogP contribution in [-0.2, 0) is 4.79 Å². The molecule has 0 aromatic heterocycles. The molecule has 1 fully saturated rings. The molecular weight excluding hydrogens is 374 g/mol.